The van der Waals surface area contributed by atoms with Crippen LogP contribution < -0.4 is 5.73 Å². The van der Waals surface area contributed by atoms with Crippen molar-refractivity contribution in [2.75, 3.05) is 0 Å². The van der Waals surface area contributed by atoms with Gasteiger partial charge in [-0.1, -0.05) is 28.1 Å². The van der Waals surface area contributed by atoms with Crippen molar-refractivity contribution < 1.29 is 4.39 Å². The van der Waals surface area contributed by atoms with Crippen molar-refractivity contribution >= 4 is 15.9 Å². The summed E-state index contributed by atoms with van der Waals surface area (Å²) in [5.74, 6) is -0.283. The highest BCUT2D eigenvalue weighted by molar-refractivity contribution is 9.10. The minimum atomic E-state index is -0.302. The zero-order valence-corrected chi connectivity index (χ0v) is 9.99. The van der Waals surface area contributed by atoms with Gasteiger partial charge in [-0.3, -0.25) is 4.98 Å². The van der Waals surface area contributed by atoms with Crippen molar-refractivity contribution in [3.8, 4) is 0 Å². The number of nitrogens with two attached hydrogens (primary N) is 1. The first kappa shape index (κ1) is 11.2. The van der Waals surface area contributed by atoms with Gasteiger partial charge in [-0.2, -0.15) is 0 Å². The molecule has 0 spiro atoms. The van der Waals surface area contributed by atoms with Crippen LogP contribution >= 0.6 is 15.9 Å². The molecule has 1 unspecified atom stereocenters. The molecule has 1 aromatic carbocycles. The zero-order valence-electron chi connectivity index (χ0n) is 8.40. The molecule has 0 radical (unpaired) electrons. The second kappa shape index (κ2) is 4.72. The van der Waals surface area contributed by atoms with E-state index in [9.17, 15) is 4.39 Å². The lowest BCUT2D eigenvalue weighted by Gasteiger charge is -2.13. The molecule has 0 fully saturated rings. The van der Waals surface area contributed by atoms with Crippen molar-refractivity contribution in [2.45, 2.75) is 6.04 Å². The maximum absolute atomic E-state index is 12.9. The van der Waals surface area contributed by atoms with Crippen LogP contribution in [-0.4, -0.2) is 4.98 Å². The molecule has 0 saturated carbocycles. The van der Waals surface area contributed by atoms with E-state index >= 15 is 0 Å². The topological polar surface area (TPSA) is 38.9 Å². The molecule has 0 aliphatic carbocycles. The van der Waals surface area contributed by atoms with Crippen LogP contribution in [0.4, 0.5) is 4.39 Å². The van der Waals surface area contributed by atoms with E-state index in [1.807, 2.05) is 12.1 Å². The van der Waals surface area contributed by atoms with E-state index in [4.69, 9.17) is 5.73 Å². The van der Waals surface area contributed by atoms with E-state index in [0.717, 1.165) is 11.1 Å². The molecule has 1 atom stereocenters. The second-order valence-electron chi connectivity index (χ2n) is 3.43. The lowest BCUT2D eigenvalue weighted by atomic mass is 10.0. The zero-order chi connectivity index (χ0) is 11.5. The number of benzene rings is 1. The summed E-state index contributed by atoms with van der Waals surface area (Å²) in [7, 11) is 0. The largest absolute Gasteiger partial charge is 0.320 e. The highest BCUT2D eigenvalue weighted by Crippen LogP contribution is 2.26. The molecule has 2 N–H and O–H groups in total. The number of hydrogen-bond acceptors (Lipinski definition) is 2. The van der Waals surface area contributed by atoms with Gasteiger partial charge in [-0.25, -0.2) is 4.39 Å². The Morgan fingerprint density at radius 3 is 2.75 bits per heavy atom. The Morgan fingerprint density at radius 1 is 1.31 bits per heavy atom. The molecule has 0 amide bonds. The van der Waals surface area contributed by atoms with E-state index in [-0.39, 0.29) is 11.9 Å². The molecule has 0 bridgehead atoms. The van der Waals surface area contributed by atoms with Crippen LogP contribution in [0.3, 0.4) is 0 Å². The quantitative estimate of drug-likeness (QED) is 0.919. The molecule has 82 valence electrons. The summed E-state index contributed by atoms with van der Waals surface area (Å²) in [6.07, 6.45) is 3.40. The molecular weight excluding hydrogens is 271 g/mol. The molecule has 0 aliphatic rings. The fourth-order valence-electron chi connectivity index (χ4n) is 1.49. The van der Waals surface area contributed by atoms with Crippen LogP contribution in [-0.2, 0) is 0 Å². The number of pyridine rings is 1. The summed E-state index contributed by atoms with van der Waals surface area (Å²) in [5.41, 5.74) is 7.81. The normalized spacial score (nSPS) is 12.4. The summed E-state index contributed by atoms with van der Waals surface area (Å²) in [6.45, 7) is 0. The van der Waals surface area contributed by atoms with E-state index < -0.39 is 0 Å². The molecule has 16 heavy (non-hydrogen) atoms. The monoisotopic (exact) mass is 280 g/mol. The van der Waals surface area contributed by atoms with Gasteiger partial charge >= 0.3 is 0 Å². The minimum Gasteiger partial charge on any atom is -0.320 e. The van der Waals surface area contributed by atoms with E-state index in [0.29, 0.717) is 4.47 Å². The molecule has 2 nitrogen and oxygen atoms in total. The van der Waals surface area contributed by atoms with Crippen LogP contribution in [0.2, 0.25) is 0 Å². The van der Waals surface area contributed by atoms with Crippen LogP contribution in [0, 0.1) is 5.82 Å². The van der Waals surface area contributed by atoms with Gasteiger partial charge in [0.1, 0.15) is 5.82 Å². The lowest BCUT2D eigenvalue weighted by molar-refractivity contribution is 0.625. The Bertz CT molecular complexity index is 488. The highest BCUT2D eigenvalue weighted by atomic mass is 79.9. The van der Waals surface area contributed by atoms with Gasteiger partial charge in [0.2, 0.25) is 0 Å². The van der Waals surface area contributed by atoms with Crippen LogP contribution in [0.25, 0.3) is 0 Å². The first-order valence-corrected chi connectivity index (χ1v) is 5.58. The van der Waals surface area contributed by atoms with Gasteiger partial charge in [0.25, 0.3) is 0 Å². The Balaban J connectivity index is 2.38. The summed E-state index contributed by atoms with van der Waals surface area (Å²) in [6, 6.07) is 7.91. The van der Waals surface area contributed by atoms with Crippen molar-refractivity contribution in [2.24, 2.45) is 5.73 Å². The number of halogens is 2. The molecule has 0 aliphatic heterocycles. The summed E-state index contributed by atoms with van der Waals surface area (Å²) >= 11 is 3.30. The first-order chi connectivity index (χ1) is 7.68. The minimum absolute atomic E-state index is 0.283. The van der Waals surface area contributed by atoms with Crippen molar-refractivity contribution in [1.82, 2.24) is 4.98 Å². The maximum atomic E-state index is 12.9. The van der Waals surface area contributed by atoms with Crippen LogP contribution in [0.1, 0.15) is 17.2 Å². The van der Waals surface area contributed by atoms with Gasteiger partial charge in [0.15, 0.2) is 0 Å². The molecule has 4 heteroatoms. The van der Waals surface area contributed by atoms with Crippen molar-refractivity contribution in [3.63, 3.8) is 0 Å². The number of nitrogens with zero attached hydrogens (tertiary/aromatic N) is 1. The SMILES string of the molecule is NC(c1cccnc1)c1ccc(F)cc1Br. The van der Waals surface area contributed by atoms with Gasteiger partial charge in [0, 0.05) is 16.9 Å². The molecule has 2 rings (SSSR count). The van der Waals surface area contributed by atoms with E-state index in [1.54, 1.807) is 18.5 Å². The molecular formula is C12H10BrFN2. The lowest BCUT2D eigenvalue weighted by Crippen LogP contribution is -2.12. The fourth-order valence-corrected chi connectivity index (χ4v) is 2.09. The average Bonchev–Trinajstić information content (AvgIpc) is 2.29. The molecule has 1 aromatic heterocycles. The Hall–Kier alpha value is -1.26. The third-order valence-corrected chi connectivity index (χ3v) is 3.03. The highest BCUT2D eigenvalue weighted by Gasteiger charge is 2.12. The fraction of sp³-hybridized carbons (Fsp3) is 0.0833. The Morgan fingerprint density at radius 2 is 2.12 bits per heavy atom. The standard InChI is InChI=1S/C12H10BrFN2/c13-11-6-9(14)3-4-10(11)12(15)8-2-1-5-16-7-8/h1-7,12H,15H2. The molecule has 2 aromatic rings. The predicted octanol–water partition coefficient (Wildman–Crippen LogP) is 3.03. The number of aromatic nitrogens is 1. The summed E-state index contributed by atoms with van der Waals surface area (Å²) < 4.78 is 13.6. The summed E-state index contributed by atoms with van der Waals surface area (Å²) in [4.78, 5) is 4.01. The Labute approximate surface area is 101 Å². The third-order valence-electron chi connectivity index (χ3n) is 2.34. The third kappa shape index (κ3) is 2.28. The van der Waals surface area contributed by atoms with Gasteiger partial charge < -0.3 is 5.73 Å². The molecule has 1 heterocycles. The van der Waals surface area contributed by atoms with Gasteiger partial charge in [-0.15, -0.1) is 0 Å². The smallest absolute Gasteiger partial charge is 0.124 e. The van der Waals surface area contributed by atoms with Gasteiger partial charge in [0.05, 0.1) is 6.04 Å². The molecule has 0 saturated heterocycles. The maximum Gasteiger partial charge on any atom is 0.124 e. The number of rotatable bonds is 2. The summed E-state index contributed by atoms with van der Waals surface area (Å²) in [5, 5.41) is 0. The van der Waals surface area contributed by atoms with Crippen LogP contribution in [0.15, 0.2) is 47.2 Å². The predicted molar refractivity (Wildman–Crippen MR) is 64.4 cm³/mol. The first-order valence-electron chi connectivity index (χ1n) is 4.79. The van der Waals surface area contributed by atoms with Gasteiger partial charge in [-0.05, 0) is 29.3 Å². The second-order valence-corrected chi connectivity index (χ2v) is 4.28. The van der Waals surface area contributed by atoms with E-state index in [1.165, 1.54) is 12.1 Å². The van der Waals surface area contributed by atoms with Crippen molar-refractivity contribution in [1.29, 1.82) is 0 Å². The Kier molecular flexibility index (Phi) is 3.31. The average molecular weight is 281 g/mol. The van der Waals surface area contributed by atoms with Crippen molar-refractivity contribution in [3.05, 3.63) is 64.1 Å². The number of hydrogen-bond donors (Lipinski definition) is 1. The van der Waals surface area contributed by atoms with Crippen LogP contribution in [0.5, 0.6) is 0 Å². The van der Waals surface area contributed by atoms with E-state index in [2.05, 4.69) is 20.9 Å².